The summed E-state index contributed by atoms with van der Waals surface area (Å²) in [6.07, 6.45) is 6.94. The Morgan fingerprint density at radius 3 is 2.47 bits per heavy atom. The van der Waals surface area contributed by atoms with Gasteiger partial charge in [-0.25, -0.2) is 4.98 Å². The fourth-order valence-electron chi connectivity index (χ4n) is 1.86. The minimum atomic E-state index is 1.02. The summed E-state index contributed by atoms with van der Waals surface area (Å²) in [7, 11) is 4.12. The molecule has 0 aliphatic carbocycles. The van der Waals surface area contributed by atoms with Crippen LogP contribution in [0, 0.1) is 0 Å². The first-order valence-electron chi connectivity index (χ1n) is 6.00. The van der Waals surface area contributed by atoms with E-state index in [9.17, 15) is 0 Å². The van der Waals surface area contributed by atoms with Crippen molar-refractivity contribution in [3.05, 3.63) is 48.0 Å². The Kier molecular flexibility index (Phi) is 3.81. The summed E-state index contributed by atoms with van der Waals surface area (Å²) in [6.45, 7) is 0. The molecule has 0 saturated carbocycles. The van der Waals surface area contributed by atoms with E-state index in [-0.39, 0.29) is 0 Å². The Labute approximate surface area is 103 Å². The van der Waals surface area contributed by atoms with Crippen molar-refractivity contribution >= 4 is 5.69 Å². The van der Waals surface area contributed by atoms with Crippen LogP contribution >= 0.6 is 0 Å². The second kappa shape index (κ2) is 5.53. The van der Waals surface area contributed by atoms with Crippen molar-refractivity contribution in [2.45, 2.75) is 19.3 Å². The van der Waals surface area contributed by atoms with E-state index >= 15 is 0 Å². The SMILES string of the molecule is CN(C)c1ccc(CCCc2ncc[nH]2)cc1. The number of anilines is 1. The third kappa shape index (κ3) is 3.34. The van der Waals surface area contributed by atoms with E-state index in [4.69, 9.17) is 0 Å². The van der Waals surface area contributed by atoms with Gasteiger partial charge in [-0.05, 0) is 30.5 Å². The maximum atomic E-state index is 4.22. The number of rotatable bonds is 5. The van der Waals surface area contributed by atoms with E-state index in [1.54, 1.807) is 6.20 Å². The number of benzene rings is 1. The molecule has 0 aliphatic rings. The van der Waals surface area contributed by atoms with E-state index in [0.29, 0.717) is 0 Å². The van der Waals surface area contributed by atoms with Gasteiger partial charge in [0.15, 0.2) is 0 Å². The zero-order valence-corrected chi connectivity index (χ0v) is 10.5. The van der Waals surface area contributed by atoms with Crippen LogP contribution in [0.3, 0.4) is 0 Å². The normalized spacial score (nSPS) is 10.5. The van der Waals surface area contributed by atoms with Gasteiger partial charge in [-0.2, -0.15) is 0 Å². The number of hydrogen-bond acceptors (Lipinski definition) is 2. The van der Waals surface area contributed by atoms with Gasteiger partial charge in [-0.3, -0.25) is 0 Å². The van der Waals surface area contributed by atoms with Crippen molar-refractivity contribution < 1.29 is 0 Å². The van der Waals surface area contributed by atoms with Gasteiger partial charge in [0.05, 0.1) is 0 Å². The lowest BCUT2D eigenvalue weighted by Gasteiger charge is -2.12. The minimum absolute atomic E-state index is 1.02. The van der Waals surface area contributed by atoms with Gasteiger partial charge in [0.2, 0.25) is 0 Å². The van der Waals surface area contributed by atoms with E-state index in [1.165, 1.54) is 11.3 Å². The topological polar surface area (TPSA) is 31.9 Å². The van der Waals surface area contributed by atoms with Crippen molar-refractivity contribution in [1.29, 1.82) is 0 Å². The van der Waals surface area contributed by atoms with E-state index in [0.717, 1.165) is 25.1 Å². The summed E-state index contributed by atoms with van der Waals surface area (Å²) >= 11 is 0. The Balaban J connectivity index is 1.83. The van der Waals surface area contributed by atoms with Crippen LogP contribution in [0.1, 0.15) is 17.8 Å². The fraction of sp³-hybridized carbons (Fsp3) is 0.357. The second-order valence-electron chi connectivity index (χ2n) is 4.45. The molecule has 0 fully saturated rings. The smallest absolute Gasteiger partial charge is 0.106 e. The molecule has 0 bridgehead atoms. The van der Waals surface area contributed by atoms with E-state index < -0.39 is 0 Å². The number of H-pyrrole nitrogens is 1. The molecule has 1 aromatic carbocycles. The monoisotopic (exact) mass is 229 g/mol. The molecular weight excluding hydrogens is 210 g/mol. The third-order valence-corrected chi connectivity index (χ3v) is 2.89. The maximum Gasteiger partial charge on any atom is 0.106 e. The van der Waals surface area contributed by atoms with Gasteiger partial charge >= 0.3 is 0 Å². The lowest BCUT2D eigenvalue weighted by atomic mass is 10.1. The van der Waals surface area contributed by atoms with Gasteiger partial charge in [0.25, 0.3) is 0 Å². The van der Waals surface area contributed by atoms with Gasteiger partial charge in [0, 0.05) is 38.6 Å². The highest BCUT2D eigenvalue weighted by molar-refractivity contribution is 5.45. The highest BCUT2D eigenvalue weighted by atomic mass is 15.1. The molecule has 1 N–H and O–H groups in total. The summed E-state index contributed by atoms with van der Waals surface area (Å²) in [4.78, 5) is 9.47. The summed E-state index contributed by atoms with van der Waals surface area (Å²) in [5.74, 6) is 1.08. The fourth-order valence-corrected chi connectivity index (χ4v) is 1.86. The average Bonchev–Trinajstić information content (AvgIpc) is 2.83. The number of imidazole rings is 1. The van der Waals surface area contributed by atoms with Crippen molar-refractivity contribution in [2.24, 2.45) is 0 Å². The maximum absolute atomic E-state index is 4.22. The lowest BCUT2D eigenvalue weighted by molar-refractivity contribution is 0.783. The van der Waals surface area contributed by atoms with Gasteiger partial charge in [0.1, 0.15) is 5.82 Å². The minimum Gasteiger partial charge on any atom is -0.378 e. The summed E-state index contributed by atoms with van der Waals surface area (Å²) in [5.41, 5.74) is 2.64. The number of aromatic amines is 1. The van der Waals surface area contributed by atoms with Gasteiger partial charge < -0.3 is 9.88 Å². The van der Waals surface area contributed by atoms with Crippen LogP contribution in [0.4, 0.5) is 5.69 Å². The quantitative estimate of drug-likeness (QED) is 0.854. The number of aryl methyl sites for hydroxylation is 2. The number of nitrogens with zero attached hydrogens (tertiary/aromatic N) is 2. The molecule has 3 nitrogen and oxygen atoms in total. The van der Waals surface area contributed by atoms with Crippen LogP contribution in [0.2, 0.25) is 0 Å². The standard InChI is InChI=1S/C14H19N3/c1-17(2)13-8-6-12(7-9-13)4-3-5-14-15-10-11-16-14/h6-11H,3-5H2,1-2H3,(H,15,16). The molecule has 0 unspecified atom stereocenters. The van der Waals surface area contributed by atoms with Crippen molar-refractivity contribution in [3.8, 4) is 0 Å². The highest BCUT2D eigenvalue weighted by Crippen LogP contribution is 2.13. The molecular formula is C14H19N3. The van der Waals surface area contributed by atoms with Crippen LogP contribution in [0.25, 0.3) is 0 Å². The molecule has 17 heavy (non-hydrogen) atoms. The Morgan fingerprint density at radius 2 is 1.88 bits per heavy atom. The molecule has 0 aliphatic heterocycles. The van der Waals surface area contributed by atoms with Crippen LogP contribution in [-0.2, 0) is 12.8 Å². The molecule has 0 amide bonds. The summed E-state index contributed by atoms with van der Waals surface area (Å²) in [5, 5.41) is 0. The molecule has 1 heterocycles. The number of hydrogen-bond donors (Lipinski definition) is 1. The van der Waals surface area contributed by atoms with Crippen molar-refractivity contribution in [1.82, 2.24) is 9.97 Å². The Bertz CT molecular complexity index is 429. The second-order valence-corrected chi connectivity index (χ2v) is 4.45. The average molecular weight is 229 g/mol. The number of aromatic nitrogens is 2. The first-order valence-corrected chi connectivity index (χ1v) is 6.00. The van der Waals surface area contributed by atoms with Crippen LogP contribution in [0.5, 0.6) is 0 Å². The predicted octanol–water partition coefficient (Wildman–Crippen LogP) is 2.65. The first kappa shape index (κ1) is 11.7. The van der Waals surface area contributed by atoms with Crippen LogP contribution < -0.4 is 4.90 Å². The van der Waals surface area contributed by atoms with Crippen LogP contribution in [0.15, 0.2) is 36.7 Å². The van der Waals surface area contributed by atoms with Gasteiger partial charge in [-0.15, -0.1) is 0 Å². The predicted molar refractivity (Wildman–Crippen MR) is 71.4 cm³/mol. The largest absolute Gasteiger partial charge is 0.378 e. The summed E-state index contributed by atoms with van der Waals surface area (Å²) in [6, 6.07) is 8.75. The first-order chi connectivity index (χ1) is 8.25. The third-order valence-electron chi connectivity index (χ3n) is 2.89. The molecule has 3 heteroatoms. The van der Waals surface area contributed by atoms with E-state index in [1.807, 2.05) is 6.20 Å². The lowest BCUT2D eigenvalue weighted by Crippen LogP contribution is -2.08. The molecule has 0 atom stereocenters. The summed E-state index contributed by atoms with van der Waals surface area (Å²) < 4.78 is 0. The van der Waals surface area contributed by atoms with Crippen molar-refractivity contribution in [2.75, 3.05) is 19.0 Å². The van der Waals surface area contributed by atoms with Crippen molar-refractivity contribution in [3.63, 3.8) is 0 Å². The zero-order valence-electron chi connectivity index (χ0n) is 10.5. The molecule has 0 radical (unpaired) electrons. The number of nitrogens with one attached hydrogen (secondary N) is 1. The van der Waals surface area contributed by atoms with E-state index in [2.05, 4.69) is 53.2 Å². The molecule has 2 rings (SSSR count). The molecule has 2 aromatic rings. The van der Waals surface area contributed by atoms with Crippen LogP contribution in [-0.4, -0.2) is 24.1 Å². The molecule has 1 aromatic heterocycles. The van der Waals surface area contributed by atoms with Gasteiger partial charge in [-0.1, -0.05) is 12.1 Å². The molecule has 0 spiro atoms. The Morgan fingerprint density at radius 1 is 1.12 bits per heavy atom. The Hall–Kier alpha value is -1.77. The highest BCUT2D eigenvalue weighted by Gasteiger charge is 1.98. The molecule has 0 saturated heterocycles. The molecule has 90 valence electrons. The zero-order chi connectivity index (χ0) is 12.1.